The van der Waals surface area contributed by atoms with Crippen LogP contribution in [0.4, 0.5) is 8.78 Å². The SMILES string of the molecule is O=C(c1ccccc1Br)N(CCO)CC(F)F. The van der Waals surface area contributed by atoms with E-state index in [9.17, 15) is 13.6 Å². The van der Waals surface area contributed by atoms with Crippen LogP contribution >= 0.6 is 15.9 Å². The molecule has 0 spiro atoms. The maximum Gasteiger partial charge on any atom is 0.255 e. The van der Waals surface area contributed by atoms with Crippen LogP contribution in [-0.2, 0) is 0 Å². The first-order valence-corrected chi connectivity index (χ1v) is 5.78. The number of alkyl halides is 2. The number of rotatable bonds is 5. The number of hydrogen-bond donors (Lipinski definition) is 1. The second-order valence-electron chi connectivity index (χ2n) is 3.35. The third-order valence-corrected chi connectivity index (χ3v) is 2.81. The van der Waals surface area contributed by atoms with Crippen molar-refractivity contribution in [2.45, 2.75) is 6.43 Å². The van der Waals surface area contributed by atoms with Crippen LogP contribution in [0, 0.1) is 0 Å². The molecule has 0 aromatic heterocycles. The van der Waals surface area contributed by atoms with Crippen molar-refractivity contribution in [3.63, 3.8) is 0 Å². The number of carbonyl (C=O) groups is 1. The van der Waals surface area contributed by atoms with Crippen LogP contribution in [0.25, 0.3) is 0 Å². The van der Waals surface area contributed by atoms with Crippen molar-refractivity contribution in [1.29, 1.82) is 0 Å². The van der Waals surface area contributed by atoms with E-state index in [1.54, 1.807) is 24.3 Å². The van der Waals surface area contributed by atoms with E-state index in [2.05, 4.69) is 15.9 Å². The maximum atomic E-state index is 12.3. The molecule has 1 aromatic carbocycles. The van der Waals surface area contributed by atoms with E-state index in [1.165, 1.54) is 0 Å². The van der Waals surface area contributed by atoms with Gasteiger partial charge in [0.05, 0.1) is 18.7 Å². The second kappa shape index (κ2) is 6.66. The third kappa shape index (κ3) is 4.05. The standard InChI is InChI=1S/C11H12BrF2NO2/c12-9-4-2-1-3-8(9)11(17)15(5-6-16)7-10(13)14/h1-4,10,16H,5-7H2. The van der Waals surface area contributed by atoms with E-state index in [-0.39, 0.29) is 13.2 Å². The van der Waals surface area contributed by atoms with Crippen molar-refractivity contribution < 1.29 is 18.7 Å². The Balaban J connectivity index is 2.88. The highest BCUT2D eigenvalue weighted by Gasteiger charge is 2.20. The summed E-state index contributed by atoms with van der Waals surface area (Å²) < 4.78 is 25.1. The van der Waals surface area contributed by atoms with Crippen molar-refractivity contribution in [1.82, 2.24) is 4.90 Å². The van der Waals surface area contributed by atoms with Crippen molar-refractivity contribution >= 4 is 21.8 Å². The lowest BCUT2D eigenvalue weighted by Crippen LogP contribution is -2.37. The van der Waals surface area contributed by atoms with Crippen LogP contribution in [0.2, 0.25) is 0 Å². The Morgan fingerprint density at radius 1 is 1.41 bits per heavy atom. The number of aliphatic hydroxyl groups is 1. The van der Waals surface area contributed by atoms with Gasteiger partial charge in [-0.2, -0.15) is 0 Å². The van der Waals surface area contributed by atoms with Gasteiger partial charge in [0.2, 0.25) is 0 Å². The molecule has 0 atom stereocenters. The van der Waals surface area contributed by atoms with Crippen LogP contribution < -0.4 is 0 Å². The smallest absolute Gasteiger partial charge is 0.255 e. The lowest BCUT2D eigenvalue weighted by Gasteiger charge is -2.21. The minimum atomic E-state index is -2.62. The molecule has 94 valence electrons. The first-order chi connectivity index (χ1) is 8.06. The highest BCUT2D eigenvalue weighted by atomic mass is 79.9. The fourth-order valence-electron chi connectivity index (χ4n) is 1.37. The minimum absolute atomic E-state index is 0.107. The lowest BCUT2D eigenvalue weighted by atomic mass is 10.2. The molecule has 1 amide bonds. The number of benzene rings is 1. The number of nitrogens with zero attached hydrogens (tertiary/aromatic N) is 1. The van der Waals surface area contributed by atoms with E-state index in [0.717, 1.165) is 4.90 Å². The van der Waals surface area contributed by atoms with Crippen molar-refractivity contribution in [2.75, 3.05) is 19.7 Å². The van der Waals surface area contributed by atoms with Gasteiger partial charge in [0.1, 0.15) is 0 Å². The number of halogens is 3. The van der Waals surface area contributed by atoms with E-state index in [4.69, 9.17) is 5.11 Å². The molecule has 0 aliphatic heterocycles. The molecule has 0 fully saturated rings. The van der Waals surface area contributed by atoms with E-state index in [0.29, 0.717) is 10.0 Å². The van der Waals surface area contributed by atoms with Gasteiger partial charge in [-0.3, -0.25) is 4.79 Å². The van der Waals surface area contributed by atoms with Gasteiger partial charge in [-0.25, -0.2) is 8.78 Å². The van der Waals surface area contributed by atoms with Gasteiger partial charge in [0, 0.05) is 11.0 Å². The number of hydrogen-bond acceptors (Lipinski definition) is 2. The summed E-state index contributed by atoms with van der Waals surface area (Å²) in [4.78, 5) is 12.9. The highest BCUT2D eigenvalue weighted by Crippen LogP contribution is 2.18. The monoisotopic (exact) mass is 307 g/mol. The summed E-state index contributed by atoms with van der Waals surface area (Å²) in [5.41, 5.74) is 0.307. The van der Waals surface area contributed by atoms with Gasteiger partial charge in [-0.05, 0) is 28.1 Å². The third-order valence-electron chi connectivity index (χ3n) is 2.12. The van der Waals surface area contributed by atoms with Gasteiger partial charge >= 0.3 is 0 Å². The van der Waals surface area contributed by atoms with E-state index < -0.39 is 18.9 Å². The van der Waals surface area contributed by atoms with Crippen LogP contribution in [0.3, 0.4) is 0 Å². The molecule has 0 saturated heterocycles. The van der Waals surface area contributed by atoms with Crippen LogP contribution in [-0.4, -0.2) is 42.0 Å². The summed E-state index contributed by atoms with van der Waals surface area (Å²) >= 11 is 3.19. The fourth-order valence-corrected chi connectivity index (χ4v) is 1.82. The largest absolute Gasteiger partial charge is 0.395 e. The lowest BCUT2D eigenvalue weighted by molar-refractivity contribution is 0.0508. The Kier molecular flexibility index (Phi) is 5.50. The average molecular weight is 308 g/mol. The van der Waals surface area contributed by atoms with Gasteiger partial charge in [0.25, 0.3) is 12.3 Å². The summed E-state index contributed by atoms with van der Waals surface area (Å²) in [7, 11) is 0. The fraction of sp³-hybridized carbons (Fsp3) is 0.364. The Morgan fingerprint density at radius 2 is 2.06 bits per heavy atom. The molecule has 1 rings (SSSR count). The van der Waals surface area contributed by atoms with Crippen molar-refractivity contribution in [3.05, 3.63) is 34.3 Å². The molecule has 0 heterocycles. The molecule has 1 aromatic rings. The normalized spacial score (nSPS) is 10.6. The highest BCUT2D eigenvalue weighted by molar-refractivity contribution is 9.10. The summed E-state index contributed by atoms with van der Waals surface area (Å²) in [5.74, 6) is -0.521. The molecule has 1 N–H and O–H groups in total. The quantitative estimate of drug-likeness (QED) is 0.905. The zero-order chi connectivity index (χ0) is 12.8. The molecule has 0 aliphatic carbocycles. The predicted octanol–water partition coefficient (Wildman–Crippen LogP) is 2.15. The van der Waals surface area contributed by atoms with E-state index >= 15 is 0 Å². The molecule has 0 unspecified atom stereocenters. The average Bonchev–Trinajstić information content (AvgIpc) is 2.28. The predicted molar refractivity (Wildman–Crippen MR) is 63.1 cm³/mol. The Labute approximate surface area is 106 Å². The topological polar surface area (TPSA) is 40.5 Å². The number of carbonyl (C=O) groups excluding carboxylic acids is 1. The Bertz CT molecular complexity index is 387. The Morgan fingerprint density at radius 3 is 2.59 bits per heavy atom. The van der Waals surface area contributed by atoms with E-state index in [1.807, 2.05) is 0 Å². The second-order valence-corrected chi connectivity index (χ2v) is 4.20. The Hall–Kier alpha value is -1.01. The molecule has 0 bridgehead atoms. The first kappa shape index (κ1) is 14.1. The minimum Gasteiger partial charge on any atom is -0.395 e. The van der Waals surface area contributed by atoms with Crippen LogP contribution in [0.15, 0.2) is 28.7 Å². The zero-order valence-electron chi connectivity index (χ0n) is 8.94. The van der Waals surface area contributed by atoms with Crippen LogP contribution in [0.1, 0.15) is 10.4 Å². The maximum absolute atomic E-state index is 12.3. The molecule has 17 heavy (non-hydrogen) atoms. The van der Waals surface area contributed by atoms with Crippen LogP contribution in [0.5, 0.6) is 0 Å². The zero-order valence-corrected chi connectivity index (χ0v) is 10.5. The molecular weight excluding hydrogens is 296 g/mol. The summed E-state index contributed by atoms with van der Waals surface area (Å²) in [5, 5.41) is 8.76. The summed E-state index contributed by atoms with van der Waals surface area (Å²) in [6.07, 6.45) is -2.62. The molecule has 0 radical (unpaired) electrons. The number of aliphatic hydroxyl groups excluding tert-OH is 1. The number of amides is 1. The summed E-state index contributed by atoms with van der Waals surface area (Å²) in [6, 6.07) is 6.58. The van der Waals surface area contributed by atoms with Gasteiger partial charge in [-0.1, -0.05) is 12.1 Å². The molecule has 0 saturated carbocycles. The van der Waals surface area contributed by atoms with Crippen molar-refractivity contribution in [3.8, 4) is 0 Å². The van der Waals surface area contributed by atoms with Crippen molar-refractivity contribution in [2.24, 2.45) is 0 Å². The van der Waals surface area contributed by atoms with Gasteiger partial charge in [-0.15, -0.1) is 0 Å². The van der Waals surface area contributed by atoms with Gasteiger partial charge < -0.3 is 10.0 Å². The van der Waals surface area contributed by atoms with Gasteiger partial charge in [0.15, 0.2) is 0 Å². The molecule has 3 nitrogen and oxygen atoms in total. The first-order valence-electron chi connectivity index (χ1n) is 4.99. The summed E-state index contributed by atoms with van der Waals surface area (Å²) in [6.45, 7) is -1.13. The molecule has 0 aliphatic rings. The molecular formula is C11H12BrF2NO2. The molecule has 6 heteroatoms.